The normalized spacial score (nSPS) is 16.9. The minimum Gasteiger partial charge on any atom is -0.371 e. The van der Waals surface area contributed by atoms with Gasteiger partial charge in [-0.1, -0.05) is 65.2 Å². The molecule has 1 aliphatic carbocycles. The lowest BCUT2D eigenvalue weighted by Gasteiger charge is -2.37. The number of benzene rings is 1. The van der Waals surface area contributed by atoms with Crippen LogP contribution in [0.25, 0.3) is 0 Å². The monoisotopic (exact) mass is 273 g/mol. The van der Waals surface area contributed by atoms with E-state index in [0.717, 1.165) is 6.04 Å². The largest absolute Gasteiger partial charge is 0.371 e. The molecule has 0 bridgehead atoms. The lowest BCUT2D eigenvalue weighted by atomic mass is 9.89. The molecule has 1 aromatic rings. The van der Waals surface area contributed by atoms with Crippen molar-refractivity contribution in [2.24, 2.45) is 0 Å². The maximum atomic E-state index is 2.60. The standard InChI is InChI=1S/C19H31N/c1-14(2)17-12-9-13-18(15(3)4)19(17)20(5)16-10-7-6-8-11-16/h9,12-16H,6-8,10-11H2,1-5H3. The van der Waals surface area contributed by atoms with E-state index in [1.54, 1.807) is 0 Å². The first-order valence-electron chi connectivity index (χ1n) is 8.38. The van der Waals surface area contributed by atoms with E-state index in [1.165, 1.54) is 48.9 Å². The molecule has 0 aliphatic heterocycles. The molecule has 0 amide bonds. The van der Waals surface area contributed by atoms with Gasteiger partial charge in [0.15, 0.2) is 0 Å². The summed E-state index contributed by atoms with van der Waals surface area (Å²) in [6, 6.07) is 7.63. The zero-order valence-corrected chi connectivity index (χ0v) is 13.9. The van der Waals surface area contributed by atoms with Gasteiger partial charge >= 0.3 is 0 Å². The Morgan fingerprint density at radius 2 is 1.40 bits per heavy atom. The average Bonchev–Trinajstić information content (AvgIpc) is 2.46. The highest BCUT2D eigenvalue weighted by Gasteiger charge is 2.23. The van der Waals surface area contributed by atoms with Gasteiger partial charge in [-0.25, -0.2) is 0 Å². The molecule has 0 heterocycles. The van der Waals surface area contributed by atoms with Crippen LogP contribution in [0.3, 0.4) is 0 Å². The molecule has 112 valence electrons. The first kappa shape index (κ1) is 15.4. The fourth-order valence-corrected chi connectivity index (χ4v) is 3.57. The summed E-state index contributed by atoms with van der Waals surface area (Å²) in [7, 11) is 2.32. The summed E-state index contributed by atoms with van der Waals surface area (Å²) in [5, 5.41) is 0. The van der Waals surface area contributed by atoms with Crippen molar-refractivity contribution in [3.05, 3.63) is 29.3 Å². The maximum Gasteiger partial charge on any atom is 0.0436 e. The number of nitrogens with zero attached hydrogens (tertiary/aromatic N) is 1. The van der Waals surface area contributed by atoms with E-state index in [2.05, 4.69) is 57.8 Å². The fraction of sp³-hybridized carbons (Fsp3) is 0.684. The second kappa shape index (κ2) is 6.65. The third-order valence-corrected chi connectivity index (χ3v) is 4.82. The Hall–Kier alpha value is -0.980. The second-order valence-corrected chi connectivity index (χ2v) is 7.00. The van der Waals surface area contributed by atoms with Crippen LogP contribution in [0.4, 0.5) is 5.69 Å². The van der Waals surface area contributed by atoms with Gasteiger partial charge in [0.2, 0.25) is 0 Å². The second-order valence-electron chi connectivity index (χ2n) is 7.00. The Balaban J connectivity index is 2.40. The summed E-state index contributed by atoms with van der Waals surface area (Å²) in [5.74, 6) is 1.18. The van der Waals surface area contributed by atoms with Crippen LogP contribution in [0, 0.1) is 0 Å². The quantitative estimate of drug-likeness (QED) is 0.680. The lowest BCUT2D eigenvalue weighted by Crippen LogP contribution is -2.35. The summed E-state index contributed by atoms with van der Waals surface area (Å²) in [6.07, 6.45) is 6.94. The minimum absolute atomic E-state index is 0.592. The first-order valence-corrected chi connectivity index (χ1v) is 8.38. The molecule has 1 nitrogen and oxygen atoms in total. The average molecular weight is 273 g/mol. The van der Waals surface area contributed by atoms with Gasteiger partial charge in [-0.2, -0.15) is 0 Å². The summed E-state index contributed by atoms with van der Waals surface area (Å²) < 4.78 is 0. The molecule has 2 rings (SSSR count). The molecule has 0 spiro atoms. The summed E-state index contributed by atoms with van der Waals surface area (Å²) >= 11 is 0. The van der Waals surface area contributed by atoms with Gasteiger partial charge in [-0.05, 0) is 35.8 Å². The molecule has 1 aromatic carbocycles. The van der Waals surface area contributed by atoms with Crippen LogP contribution in [0.1, 0.15) is 82.8 Å². The number of para-hydroxylation sites is 1. The molecule has 1 aliphatic rings. The molecule has 1 heteroatoms. The molecule has 1 fully saturated rings. The zero-order chi connectivity index (χ0) is 14.7. The third kappa shape index (κ3) is 3.19. The van der Waals surface area contributed by atoms with Crippen molar-refractivity contribution in [2.45, 2.75) is 77.7 Å². The summed E-state index contributed by atoms with van der Waals surface area (Å²) in [5.41, 5.74) is 4.55. The van der Waals surface area contributed by atoms with Crippen molar-refractivity contribution in [1.29, 1.82) is 0 Å². The number of hydrogen-bond donors (Lipinski definition) is 0. The van der Waals surface area contributed by atoms with Gasteiger partial charge in [-0.3, -0.25) is 0 Å². The molecule has 1 saturated carbocycles. The van der Waals surface area contributed by atoms with Crippen LogP contribution in [-0.2, 0) is 0 Å². The molecule has 0 N–H and O–H groups in total. The highest BCUT2D eigenvalue weighted by atomic mass is 15.1. The Morgan fingerprint density at radius 3 is 1.85 bits per heavy atom. The van der Waals surface area contributed by atoms with Gasteiger partial charge in [0.1, 0.15) is 0 Å². The molecular weight excluding hydrogens is 242 g/mol. The molecule has 0 unspecified atom stereocenters. The Labute approximate surface area is 125 Å². The Kier molecular flexibility index (Phi) is 5.12. The Morgan fingerprint density at radius 1 is 0.900 bits per heavy atom. The summed E-state index contributed by atoms with van der Waals surface area (Å²) in [4.78, 5) is 2.60. The Bertz CT molecular complexity index is 401. The number of anilines is 1. The van der Waals surface area contributed by atoms with E-state index in [-0.39, 0.29) is 0 Å². The van der Waals surface area contributed by atoms with E-state index in [0.29, 0.717) is 11.8 Å². The van der Waals surface area contributed by atoms with Crippen molar-refractivity contribution < 1.29 is 0 Å². The van der Waals surface area contributed by atoms with E-state index >= 15 is 0 Å². The van der Waals surface area contributed by atoms with E-state index < -0.39 is 0 Å². The third-order valence-electron chi connectivity index (χ3n) is 4.82. The van der Waals surface area contributed by atoms with Crippen LogP contribution in [-0.4, -0.2) is 13.1 Å². The van der Waals surface area contributed by atoms with E-state index in [4.69, 9.17) is 0 Å². The maximum absolute atomic E-state index is 2.60. The first-order chi connectivity index (χ1) is 9.52. The van der Waals surface area contributed by atoms with E-state index in [1.807, 2.05) is 0 Å². The molecule has 0 aromatic heterocycles. The van der Waals surface area contributed by atoms with Gasteiger partial charge in [0, 0.05) is 18.8 Å². The molecule has 0 saturated heterocycles. The topological polar surface area (TPSA) is 3.24 Å². The number of hydrogen-bond acceptors (Lipinski definition) is 1. The van der Waals surface area contributed by atoms with Crippen molar-refractivity contribution in [2.75, 3.05) is 11.9 Å². The van der Waals surface area contributed by atoms with E-state index in [9.17, 15) is 0 Å². The lowest BCUT2D eigenvalue weighted by molar-refractivity contribution is 0.426. The van der Waals surface area contributed by atoms with Crippen LogP contribution in [0.5, 0.6) is 0 Å². The van der Waals surface area contributed by atoms with Gasteiger partial charge in [0.05, 0.1) is 0 Å². The van der Waals surface area contributed by atoms with Crippen molar-refractivity contribution in [3.8, 4) is 0 Å². The van der Waals surface area contributed by atoms with Gasteiger partial charge in [-0.15, -0.1) is 0 Å². The van der Waals surface area contributed by atoms with Gasteiger partial charge in [0.25, 0.3) is 0 Å². The number of rotatable bonds is 4. The zero-order valence-electron chi connectivity index (χ0n) is 13.9. The molecule has 20 heavy (non-hydrogen) atoms. The predicted molar refractivity (Wildman–Crippen MR) is 89.9 cm³/mol. The SMILES string of the molecule is CC(C)c1cccc(C(C)C)c1N(C)C1CCCCC1. The van der Waals surface area contributed by atoms with Crippen LogP contribution in [0.2, 0.25) is 0 Å². The highest BCUT2D eigenvalue weighted by molar-refractivity contribution is 5.62. The minimum atomic E-state index is 0.592. The van der Waals surface area contributed by atoms with Crippen LogP contribution < -0.4 is 4.90 Å². The van der Waals surface area contributed by atoms with Crippen LogP contribution in [0.15, 0.2) is 18.2 Å². The summed E-state index contributed by atoms with van der Waals surface area (Å²) in [6.45, 7) is 9.27. The molecular formula is C19H31N. The highest BCUT2D eigenvalue weighted by Crippen LogP contribution is 2.37. The molecule has 0 atom stereocenters. The fourth-order valence-electron chi connectivity index (χ4n) is 3.57. The van der Waals surface area contributed by atoms with Crippen molar-refractivity contribution in [3.63, 3.8) is 0 Å². The predicted octanol–water partition coefficient (Wildman–Crippen LogP) is 5.70. The smallest absolute Gasteiger partial charge is 0.0436 e. The molecule has 0 radical (unpaired) electrons. The van der Waals surface area contributed by atoms with Gasteiger partial charge < -0.3 is 4.90 Å². The van der Waals surface area contributed by atoms with Crippen molar-refractivity contribution >= 4 is 5.69 Å². The van der Waals surface area contributed by atoms with Crippen LogP contribution >= 0.6 is 0 Å². The van der Waals surface area contributed by atoms with Crippen molar-refractivity contribution in [1.82, 2.24) is 0 Å².